The minimum absolute atomic E-state index is 0.153. The van der Waals surface area contributed by atoms with Crippen LogP contribution in [0, 0.1) is 11.7 Å². The van der Waals surface area contributed by atoms with E-state index in [1.807, 2.05) is 12.1 Å². The fourth-order valence-corrected chi connectivity index (χ4v) is 3.55. The summed E-state index contributed by atoms with van der Waals surface area (Å²) in [6, 6.07) is 16.6. The number of aryl methyl sites for hydroxylation is 1. The maximum absolute atomic E-state index is 13.1. The summed E-state index contributed by atoms with van der Waals surface area (Å²) in [5.41, 5.74) is 4.15. The van der Waals surface area contributed by atoms with E-state index in [-0.39, 0.29) is 5.82 Å². The van der Waals surface area contributed by atoms with Crippen LogP contribution in [0.3, 0.4) is 0 Å². The molecule has 1 N–H and O–H groups in total. The van der Waals surface area contributed by atoms with Crippen LogP contribution in [0.4, 0.5) is 4.39 Å². The summed E-state index contributed by atoms with van der Waals surface area (Å²) >= 11 is 0. The molecule has 0 heterocycles. The van der Waals surface area contributed by atoms with Gasteiger partial charge in [-0.3, -0.25) is 0 Å². The first-order valence-electron chi connectivity index (χ1n) is 7.90. The Kier molecular flexibility index (Phi) is 3.27. The molecule has 0 radical (unpaired) electrons. The van der Waals surface area contributed by atoms with Crippen molar-refractivity contribution in [2.45, 2.75) is 37.8 Å². The number of rotatable bonds is 4. The molecule has 0 bridgehead atoms. The van der Waals surface area contributed by atoms with Gasteiger partial charge in [0.15, 0.2) is 0 Å². The second kappa shape index (κ2) is 5.27. The van der Waals surface area contributed by atoms with Crippen LogP contribution in [0.5, 0.6) is 0 Å². The number of halogens is 1. The molecule has 0 amide bonds. The second-order valence-corrected chi connectivity index (χ2v) is 6.32. The molecule has 0 aliphatic heterocycles. The molecule has 1 saturated carbocycles. The van der Waals surface area contributed by atoms with Crippen LogP contribution in [0.2, 0.25) is 0 Å². The zero-order valence-corrected chi connectivity index (χ0v) is 12.1. The first kappa shape index (κ1) is 13.0. The highest BCUT2D eigenvalue weighted by atomic mass is 19.1. The third-order valence-electron chi connectivity index (χ3n) is 4.84. The van der Waals surface area contributed by atoms with E-state index < -0.39 is 0 Å². The van der Waals surface area contributed by atoms with Crippen LogP contribution < -0.4 is 5.32 Å². The lowest BCUT2D eigenvalue weighted by atomic mass is 9.99. The van der Waals surface area contributed by atoms with E-state index in [1.54, 1.807) is 12.1 Å². The van der Waals surface area contributed by atoms with Crippen molar-refractivity contribution in [3.63, 3.8) is 0 Å². The number of hydrogen-bond donors (Lipinski definition) is 1. The fourth-order valence-electron chi connectivity index (χ4n) is 3.55. The highest BCUT2D eigenvalue weighted by molar-refractivity contribution is 5.35. The third-order valence-corrected chi connectivity index (χ3v) is 4.84. The molecule has 2 aliphatic carbocycles. The molecule has 1 fully saturated rings. The quantitative estimate of drug-likeness (QED) is 0.866. The van der Waals surface area contributed by atoms with Crippen LogP contribution in [0.15, 0.2) is 48.5 Å². The van der Waals surface area contributed by atoms with E-state index in [9.17, 15) is 4.39 Å². The maximum Gasteiger partial charge on any atom is 0.123 e. The molecule has 2 aromatic carbocycles. The molecule has 0 spiro atoms. The van der Waals surface area contributed by atoms with Crippen molar-refractivity contribution < 1.29 is 4.39 Å². The predicted octanol–water partition coefficient (Wildman–Crippen LogP) is 4.55. The molecule has 2 unspecified atom stereocenters. The van der Waals surface area contributed by atoms with Gasteiger partial charge >= 0.3 is 0 Å². The Balaban J connectivity index is 1.58. The minimum Gasteiger partial charge on any atom is -0.303 e. The van der Waals surface area contributed by atoms with E-state index >= 15 is 0 Å². The highest BCUT2D eigenvalue weighted by Gasteiger charge is 2.35. The Morgan fingerprint density at radius 3 is 2.48 bits per heavy atom. The lowest BCUT2D eigenvalue weighted by molar-refractivity contribution is 0.407. The molecule has 21 heavy (non-hydrogen) atoms. The normalized spacial score (nSPS) is 22.0. The van der Waals surface area contributed by atoms with E-state index in [0.717, 1.165) is 6.42 Å². The van der Waals surface area contributed by atoms with Gasteiger partial charge in [0.25, 0.3) is 0 Å². The number of benzene rings is 2. The molecule has 4 rings (SSSR count). The first-order valence-corrected chi connectivity index (χ1v) is 7.90. The molecule has 108 valence electrons. The standard InChI is InChI=1S/C19H20FN/c20-16-10-7-15(8-11-16)19(14-5-6-14)21-18-12-9-13-3-1-2-4-17(13)18/h1-4,7-8,10-11,14,18-19,21H,5-6,9,12H2. The molecule has 2 aromatic rings. The van der Waals surface area contributed by atoms with Gasteiger partial charge in [-0.25, -0.2) is 4.39 Å². The van der Waals surface area contributed by atoms with Crippen molar-refractivity contribution in [3.05, 3.63) is 71.0 Å². The zero-order chi connectivity index (χ0) is 14.2. The van der Waals surface area contributed by atoms with Crippen molar-refractivity contribution in [1.29, 1.82) is 0 Å². The van der Waals surface area contributed by atoms with Gasteiger partial charge in [0, 0.05) is 12.1 Å². The summed E-state index contributed by atoms with van der Waals surface area (Å²) in [7, 11) is 0. The Bertz CT molecular complexity index is 630. The van der Waals surface area contributed by atoms with Crippen LogP contribution in [0.25, 0.3) is 0 Å². The summed E-state index contributed by atoms with van der Waals surface area (Å²) in [5, 5.41) is 3.85. The number of fused-ring (bicyclic) bond motifs is 1. The summed E-state index contributed by atoms with van der Waals surface area (Å²) in [6.45, 7) is 0. The van der Waals surface area contributed by atoms with Crippen LogP contribution >= 0.6 is 0 Å². The van der Waals surface area contributed by atoms with Gasteiger partial charge in [0.05, 0.1) is 0 Å². The van der Waals surface area contributed by atoms with Gasteiger partial charge in [-0.2, -0.15) is 0 Å². The van der Waals surface area contributed by atoms with Crippen molar-refractivity contribution in [2.75, 3.05) is 0 Å². The largest absolute Gasteiger partial charge is 0.303 e. The van der Waals surface area contributed by atoms with Crippen LogP contribution in [-0.4, -0.2) is 0 Å². The Morgan fingerprint density at radius 2 is 1.71 bits per heavy atom. The van der Waals surface area contributed by atoms with E-state index in [4.69, 9.17) is 0 Å². The summed E-state index contributed by atoms with van der Waals surface area (Å²) in [6.07, 6.45) is 4.89. The monoisotopic (exact) mass is 281 g/mol. The van der Waals surface area contributed by atoms with Gasteiger partial charge in [-0.15, -0.1) is 0 Å². The number of hydrogen-bond acceptors (Lipinski definition) is 1. The summed E-state index contributed by atoms with van der Waals surface area (Å²) in [5.74, 6) is 0.558. The molecular formula is C19H20FN. The van der Waals surface area contributed by atoms with Gasteiger partial charge in [0.2, 0.25) is 0 Å². The lowest BCUT2D eigenvalue weighted by Gasteiger charge is -2.24. The molecule has 2 heteroatoms. The van der Waals surface area contributed by atoms with E-state index in [2.05, 4.69) is 29.6 Å². The Labute approximate surface area is 125 Å². The Hall–Kier alpha value is -1.67. The molecular weight excluding hydrogens is 261 g/mol. The topological polar surface area (TPSA) is 12.0 Å². The third kappa shape index (κ3) is 2.60. The molecule has 0 aromatic heterocycles. The van der Waals surface area contributed by atoms with Crippen molar-refractivity contribution in [1.82, 2.24) is 5.32 Å². The summed E-state index contributed by atoms with van der Waals surface area (Å²) in [4.78, 5) is 0. The van der Waals surface area contributed by atoms with Crippen LogP contribution in [-0.2, 0) is 6.42 Å². The summed E-state index contributed by atoms with van der Waals surface area (Å²) < 4.78 is 13.1. The van der Waals surface area contributed by atoms with E-state index in [1.165, 1.54) is 36.0 Å². The predicted molar refractivity (Wildman–Crippen MR) is 82.5 cm³/mol. The average molecular weight is 281 g/mol. The molecule has 2 aliphatic rings. The first-order chi connectivity index (χ1) is 10.3. The average Bonchev–Trinajstić information content (AvgIpc) is 3.27. The molecule has 2 atom stereocenters. The van der Waals surface area contributed by atoms with Crippen LogP contribution in [0.1, 0.15) is 48.0 Å². The Morgan fingerprint density at radius 1 is 0.952 bits per heavy atom. The van der Waals surface area contributed by atoms with Gasteiger partial charge in [-0.1, -0.05) is 36.4 Å². The maximum atomic E-state index is 13.1. The van der Waals surface area contributed by atoms with E-state index in [0.29, 0.717) is 18.0 Å². The molecule has 0 saturated heterocycles. The zero-order valence-electron chi connectivity index (χ0n) is 12.1. The van der Waals surface area contributed by atoms with Gasteiger partial charge < -0.3 is 5.32 Å². The smallest absolute Gasteiger partial charge is 0.123 e. The second-order valence-electron chi connectivity index (χ2n) is 6.32. The lowest BCUT2D eigenvalue weighted by Crippen LogP contribution is -2.26. The van der Waals surface area contributed by atoms with Gasteiger partial charge in [0.1, 0.15) is 5.82 Å². The fraction of sp³-hybridized carbons (Fsp3) is 0.368. The van der Waals surface area contributed by atoms with Crippen molar-refractivity contribution in [3.8, 4) is 0 Å². The SMILES string of the molecule is Fc1ccc(C(NC2CCc3ccccc32)C2CC2)cc1. The van der Waals surface area contributed by atoms with Crippen molar-refractivity contribution in [2.24, 2.45) is 5.92 Å². The molecule has 1 nitrogen and oxygen atoms in total. The van der Waals surface area contributed by atoms with Gasteiger partial charge in [-0.05, 0) is 60.4 Å². The minimum atomic E-state index is -0.153. The van der Waals surface area contributed by atoms with Crippen molar-refractivity contribution >= 4 is 0 Å². The highest BCUT2D eigenvalue weighted by Crippen LogP contribution is 2.43. The number of nitrogens with one attached hydrogen (secondary N) is 1.